The van der Waals surface area contributed by atoms with Crippen LogP contribution in [0.15, 0.2) is 18.3 Å². The minimum Gasteiger partial charge on any atom is -0.338 e. The summed E-state index contributed by atoms with van der Waals surface area (Å²) in [5.41, 5.74) is 3.10. The fourth-order valence-corrected chi connectivity index (χ4v) is 2.65. The lowest BCUT2D eigenvalue weighted by Crippen LogP contribution is -2.42. The Kier molecular flexibility index (Phi) is 3.81. The zero-order valence-corrected chi connectivity index (χ0v) is 10.9. The second-order valence-electron chi connectivity index (χ2n) is 5.23. The lowest BCUT2D eigenvalue weighted by atomic mass is 9.91. The number of piperidine rings is 1. The summed E-state index contributed by atoms with van der Waals surface area (Å²) in [5.74, 6) is 7.00. The number of hydrazine groups is 1. The first-order chi connectivity index (χ1) is 8.60. The van der Waals surface area contributed by atoms with Crippen molar-refractivity contribution in [1.29, 1.82) is 0 Å². The Morgan fingerprint density at radius 2 is 2.11 bits per heavy atom. The fourth-order valence-electron chi connectivity index (χ4n) is 2.65. The topological polar surface area (TPSA) is 71.2 Å². The number of anilines is 1. The predicted molar refractivity (Wildman–Crippen MR) is 70.9 cm³/mol. The Balaban J connectivity index is 2.14. The van der Waals surface area contributed by atoms with Gasteiger partial charge in [-0.25, -0.2) is 10.8 Å². The molecule has 2 unspecified atom stereocenters. The van der Waals surface area contributed by atoms with Gasteiger partial charge in [0.2, 0.25) is 0 Å². The Bertz CT molecular complexity index is 425. The zero-order valence-electron chi connectivity index (χ0n) is 10.9. The first-order valence-electron chi connectivity index (χ1n) is 6.32. The minimum absolute atomic E-state index is 0.0623. The molecule has 0 bridgehead atoms. The first kappa shape index (κ1) is 12.8. The summed E-state index contributed by atoms with van der Waals surface area (Å²) < 4.78 is 0. The van der Waals surface area contributed by atoms with Gasteiger partial charge in [0, 0.05) is 24.8 Å². The fraction of sp³-hybridized carbons (Fsp3) is 0.538. The van der Waals surface area contributed by atoms with Crippen LogP contribution in [0.4, 0.5) is 5.82 Å². The molecule has 2 atom stereocenters. The van der Waals surface area contributed by atoms with Gasteiger partial charge in [-0.15, -0.1) is 0 Å². The van der Waals surface area contributed by atoms with Crippen molar-refractivity contribution in [2.75, 3.05) is 18.5 Å². The highest BCUT2D eigenvalue weighted by molar-refractivity contribution is 5.94. The van der Waals surface area contributed by atoms with Crippen LogP contribution in [0.1, 0.15) is 30.6 Å². The second kappa shape index (κ2) is 5.35. The lowest BCUT2D eigenvalue weighted by molar-refractivity contribution is 0.0623. The molecular formula is C13H20N4O. The third kappa shape index (κ3) is 2.79. The number of hydrogen-bond acceptors (Lipinski definition) is 4. The highest BCUT2D eigenvalue weighted by atomic mass is 16.2. The van der Waals surface area contributed by atoms with Crippen molar-refractivity contribution in [3.8, 4) is 0 Å². The minimum atomic E-state index is 0.0623. The number of carbonyl (C=O) groups excluding carboxylic acids is 1. The zero-order chi connectivity index (χ0) is 13.1. The normalized spacial score (nSPS) is 23.8. The van der Waals surface area contributed by atoms with E-state index < -0.39 is 0 Å². The molecule has 0 saturated carbocycles. The predicted octanol–water partition coefficient (Wildman–Crippen LogP) is 1.49. The number of aromatic nitrogens is 1. The number of likely N-dealkylation sites (tertiary alicyclic amines) is 1. The molecule has 1 aromatic rings. The largest absolute Gasteiger partial charge is 0.338 e. The van der Waals surface area contributed by atoms with Gasteiger partial charge >= 0.3 is 0 Å². The van der Waals surface area contributed by atoms with Crippen molar-refractivity contribution >= 4 is 11.7 Å². The molecular weight excluding hydrogens is 228 g/mol. The molecule has 0 aliphatic carbocycles. The molecule has 98 valence electrons. The number of nitrogens with two attached hydrogens (primary N) is 1. The molecule has 18 heavy (non-hydrogen) atoms. The highest BCUT2D eigenvalue weighted by Crippen LogP contribution is 2.22. The van der Waals surface area contributed by atoms with E-state index in [0.717, 1.165) is 13.1 Å². The molecule has 1 aromatic heterocycles. The number of pyridine rings is 1. The van der Waals surface area contributed by atoms with Gasteiger partial charge in [-0.2, -0.15) is 0 Å². The van der Waals surface area contributed by atoms with Crippen LogP contribution in [-0.2, 0) is 0 Å². The average Bonchev–Trinajstić information content (AvgIpc) is 2.37. The molecule has 2 heterocycles. The van der Waals surface area contributed by atoms with Gasteiger partial charge in [0.25, 0.3) is 5.91 Å². The van der Waals surface area contributed by atoms with E-state index in [1.54, 1.807) is 18.3 Å². The van der Waals surface area contributed by atoms with Gasteiger partial charge in [-0.05, 0) is 30.4 Å². The molecule has 0 radical (unpaired) electrons. The van der Waals surface area contributed by atoms with Gasteiger partial charge in [0.15, 0.2) is 0 Å². The van der Waals surface area contributed by atoms with E-state index in [9.17, 15) is 4.79 Å². The van der Waals surface area contributed by atoms with Crippen molar-refractivity contribution in [3.05, 3.63) is 23.9 Å². The summed E-state index contributed by atoms with van der Waals surface area (Å²) in [4.78, 5) is 18.3. The maximum absolute atomic E-state index is 12.4. The summed E-state index contributed by atoms with van der Waals surface area (Å²) in [6.45, 7) is 6.04. The van der Waals surface area contributed by atoms with Crippen molar-refractivity contribution in [1.82, 2.24) is 9.88 Å². The Hall–Kier alpha value is -1.62. The SMILES string of the molecule is CC1CC(C)CN(C(=O)c2ccnc(NN)c2)C1. The van der Waals surface area contributed by atoms with Gasteiger partial charge in [0.05, 0.1) is 0 Å². The summed E-state index contributed by atoms with van der Waals surface area (Å²) in [7, 11) is 0. The van der Waals surface area contributed by atoms with Crippen LogP contribution < -0.4 is 11.3 Å². The monoisotopic (exact) mass is 248 g/mol. The van der Waals surface area contributed by atoms with E-state index in [4.69, 9.17) is 5.84 Å². The lowest BCUT2D eigenvalue weighted by Gasteiger charge is -2.35. The quantitative estimate of drug-likeness (QED) is 0.614. The van der Waals surface area contributed by atoms with Crippen LogP contribution in [0.5, 0.6) is 0 Å². The summed E-state index contributed by atoms with van der Waals surface area (Å²) in [5, 5.41) is 0. The van der Waals surface area contributed by atoms with Crippen LogP contribution in [0.3, 0.4) is 0 Å². The molecule has 5 heteroatoms. The molecule has 1 fully saturated rings. The summed E-state index contributed by atoms with van der Waals surface area (Å²) >= 11 is 0. The third-order valence-corrected chi connectivity index (χ3v) is 3.31. The standard InChI is InChI=1S/C13H20N4O/c1-9-5-10(2)8-17(7-9)13(18)11-3-4-15-12(6-11)16-14/h3-4,6,9-10H,5,7-8,14H2,1-2H3,(H,15,16). The summed E-state index contributed by atoms with van der Waals surface area (Å²) in [6, 6.07) is 3.42. The Labute approximate surface area is 107 Å². The van der Waals surface area contributed by atoms with Gasteiger partial charge in [0.1, 0.15) is 5.82 Å². The number of rotatable bonds is 2. The van der Waals surface area contributed by atoms with Crippen molar-refractivity contribution in [3.63, 3.8) is 0 Å². The number of carbonyl (C=O) groups is 1. The summed E-state index contributed by atoms with van der Waals surface area (Å²) in [6.07, 6.45) is 2.79. The molecule has 1 aliphatic rings. The third-order valence-electron chi connectivity index (χ3n) is 3.31. The van der Waals surface area contributed by atoms with E-state index in [1.165, 1.54) is 6.42 Å². The number of amides is 1. The van der Waals surface area contributed by atoms with Crippen molar-refractivity contribution in [2.45, 2.75) is 20.3 Å². The van der Waals surface area contributed by atoms with Crippen LogP contribution in [0.2, 0.25) is 0 Å². The highest BCUT2D eigenvalue weighted by Gasteiger charge is 2.26. The number of nitrogens with one attached hydrogen (secondary N) is 1. The maximum Gasteiger partial charge on any atom is 0.254 e. The number of nitrogen functional groups attached to an aromatic ring is 1. The van der Waals surface area contributed by atoms with Gasteiger partial charge < -0.3 is 10.3 Å². The van der Waals surface area contributed by atoms with E-state index >= 15 is 0 Å². The molecule has 2 rings (SSSR count). The molecule has 0 aromatic carbocycles. The number of nitrogens with zero attached hydrogens (tertiary/aromatic N) is 2. The Morgan fingerprint density at radius 3 is 2.72 bits per heavy atom. The van der Waals surface area contributed by atoms with Crippen molar-refractivity contribution < 1.29 is 4.79 Å². The molecule has 1 saturated heterocycles. The molecule has 1 amide bonds. The van der Waals surface area contributed by atoms with E-state index in [2.05, 4.69) is 24.3 Å². The van der Waals surface area contributed by atoms with Crippen LogP contribution >= 0.6 is 0 Å². The molecule has 5 nitrogen and oxygen atoms in total. The van der Waals surface area contributed by atoms with Gasteiger partial charge in [-0.1, -0.05) is 13.8 Å². The average molecular weight is 248 g/mol. The maximum atomic E-state index is 12.4. The smallest absolute Gasteiger partial charge is 0.254 e. The number of hydrogen-bond donors (Lipinski definition) is 2. The van der Waals surface area contributed by atoms with Crippen LogP contribution in [0.25, 0.3) is 0 Å². The second-order valence-corrected chi connectivity index (χ2v) is 5.23. The molecule has 1 aliphatic heterocycles. The molecule has 0 spiro atoms. The van der Waals surface area contributed by atoms with Crippen LogP contribution in [0, 0.1) is 11.8 Å². The van der Waals surface area contributed by atoms with E-state index in [1.807, 2.05) is 4.90 Å². The van der Waals surface area contributed by atoms with Crippen molar-refractivity contribution in [2.24, 2.45) is 17.7 Å². The van der Waals surface area contributed by atoms with Crippen LogP contribution in [-0.4, -0.2) is 28.9 Å². The Morgan fingerprint density at radius 1 is 1.44 bits per heavy atom. The first-order valence-corrected chi connectivity index (χ1v) is 6.32. The molecule has 3 N–H and O–H groups in total. The van der Waals surface area contributed by atoms with E-state index in [0.29, 0.717) is 23.2 Å². The van der Waals surface area contributed by atoms with Gasteiger partial charge in [-0.3, -0.25) is 4.79 Å². The van der Waals surface area contributed by atoms with E-state index in [-0.39, 0.29) is 5.91 Å².